The summed E-state index contributed by atoms with van der Waals surface area (Å²) in [7, 11) is 0. The van der Waals surface area contributed by atoms with E-state index in [1.54, 1.807) is 28.9 Å². The van der Waals surface area contributed by atoms with Gasteiger partial charge in [-0.3, -0.25) is 24.5 Å². The summed E-state index contributed by atoms with van der Waals surface area (Å²) in [5.74, 6) is -1.40. The summed E-state index contributed by atoms with van der Waals surface area (Å²) in [5.41, 5.74) is 5.43. The third-order valence-electron chi connectivity index (χ3n) is 4.99. The van der Waals surface area contributed by atoms with E-state index in [-0.39, 0.29) is 19.3 Å². The molecule has 1 aliphatic rings. The highest BCUT2D eigenvalue weighted by Crippen LogP contribution is 2.32. The van der Waals surface area contributed by atoms with Crippen molar-refractivity contribution in [2.45, 2.75) is 25.4 Å². The molecule has 0 bridgehead atoms. The van der Waals surface area contributed by atoms with Gasteiger partial charge in [0.15, 0.2) is 6.10 Å². The molecule has 2 aromatic carbocycles. The Morgan fingerprint density at radius 3 is 2.66 bits per heavy atom. The Morgan fingerprint density at radius 1 is 1.12 bits per heavy atom. The fourth-order valence-electron chi connectivity index (χ4n) is 3.47. The van der Waals surface area contributed by atoms with Gasteiger partial charge in [-0.15, -0.1) is 0 Å². The molecule has 0 aliphatic carbocycles. The Hall–Kier alpha value is -3.78. The minimum Gasteiger partial charge on any atom is -0.481 e. The first-order chi connectivity index (χ1) is 15.4. The Kier molecular flexibility index (Phi) is 6.13. The van der Waals surface area contributed by atoms with Crippen LogP contribution in [0.1, 0.15) is 18.5 Å². The van der Waals surface area contributed by atoms with Gasteiger partial charge in [-0.05, 0) is 30.3 Å². The summed E-state index contributed by atoms with van der Waals surface area (Å²) in [6.45, 7) is 0. The van der Waals surface area contributed by atoms with Gasteiger partial charge in [0.25, 0.3) is 5.91 Å². The number of fused-ring (bicyclic) bond motifs is 1. The van der Waals surface area contributed by atoms with E-state index in [9.17, 15) is 14.4 Å². The predicted molar refractivity (Wildman–Crippen MR) is 119 cm³/mol. The van der Waals surface area contributed by atoms with Gasteiger partial charge in [0.2, 0.25) is 5.91 Å². The first kappa shape index (κ1) is 21.5. The third kappa shape index (κ3) is 4.76. The van der Waals surface area contributed by atoms with Crippen LogP contribution in [-0.4, -0.2) is 33.7 Å². The summed E-state index contributed by atoms with van der Waals surface area (Å²) < 4.78 is 7.26. The number of rotatable bonds is 7. The minimum absolute atomic E-state index is 0.0817. The van der Waals surface area contributed by atoms with Crippen molar-refractivity contribution in [3.05, 3.63) is 71.4 Å². The number of hydrogen-bond acceptors (Lipinski definition) is 4. The fraction of sp³-hybridized carbons (Fsp3) is 0.174. The molecule has 2 amide bonds. The number of hydrogen-bond donors (Lipinski definition) is 3. The van der Waals surface area contributed by atoms with E-state index < -0.39 is 23.9 Å². The number of aryl methyl sites for hydroxylation is 1. The summed E-state index contributed by atoms with van der Waals surface area (Å²) in [4.78, 5) is 36.3. The smallest absolute Gasteiger partial charge is 0.303 e. The summed E-state index contributed by atoms with van der Waals surface area (Å²) in [6.07, 6.45) is -1.08. The Bertz CT molecular complexity index is 1180. The number of carboxylic acids is 1. The van der Waals surface area contributed by atoms with Crippen LogP contribution in [-0.2, 0) is 20.8 Å². The molecule has 0 saturated carbocycles. The van der Waals surface area contributed by atoms with E-state index in [0.29, 0.717) is 27.8 Å². The quantitative estimate of drug-likeness (QED) is 0.505. The van der Waals surface area contributed by atoms with Crippen LogP contribution in [0.15, 0.2) is 60.7 Å². The molecule has 1 atom stereocenters. The highest BCUT2D eigenvalue weighted by molar-refractivity contribution is 6.31. The van der Waals surface area contributed by atoms with Gasteiger partial charge >= 0.3 is 5.97 Å². The van der Waals surface area contributed by atoms with E-state index in [4.69, 9.17) is 21.4 Å². The van der Waals surface area contributed by atoms with Crippen LogP contribution in [0, 0.1) is 0 Å². The van der Waals surface area contributed by atoms with Crippen LogP contribution in [0.3, 0.4) is 0 Å². The largest absolute Gasteiger partial charge is 0.481 e. The van der Waals surface area contributed by atoms with Crippen molar-refractivity contribution >= 4 is 35.1 Å². The number of carboxylic acid groups (broad SMARTS) is 1. The van der Waals surface area contributed by atoms with Crippen molar-refractivity contribution in [1.29, 1.82) is 0 Å². The van der Waals surface area contributed by atoms with Crippen molar-refractivity contribution < 1.29 is 24.2 Å². The zero-order chi connectivity index (χ0) is 22.7. The van der Waals surface area contributed by atoms with Crippen molar-refractivity contribution in [2.24, 2.45) is 0 Å². The second-order valence-electron chi connectivity index (χ2n) is 7.28. The molecule has 1 aliphatic heterocycles. The molecule has 0 radical (unpaired) electrons. The molecule has 1 aromatic heterocycles. The molecule has 3 N–H and O–H groups in total. The summed E-state index contributed by atoms with van der Waals surface area (Å²) >= 11 is 5.94. The molecule has 0 saturated heterocycles. The molecule has 3 aromatic rings. The molecular weight excluding hydrogens is 434 g/mol. The van der Waals surface area contributed by atoms with E-state index in [1.165, 1.54) is 0 Å². The number of halogens is 1. The number of aromatic nitrogens is 1. The zero-order valence-corrected chi connectivity index (χ0v) is 17.6. The van der Waals surface area contributed by atoms with Crippen LogP contribution in [0.5, 0.6) is 5.75 Å². The monoisotopic (exact) mass is 453 g/mol. The van der Waals surface area contributed by atoms with Crippen molar-refractivity contribution in [2.75, 3.05) is 10.7 Å². The lowest BCUT2D eigenvalue weighted by Gasteiger charge is -2.26. The molecular formula is C23H20ClN3O5. The van der Waals surface area contributed by atoms with E-state index in [2.05, 4.69) is 10.7 Å². The number of benzene rings is 2. The van der Waals surface area contributed by atoms with Gasteiger partial charge in [-0.2, -0.15) is 0 Å². The van der Waals surface area contributed by atoms with Crippen LogP contribution >= 0.6 is 11.6 Å². The number of ether oxygens (including phenoxy) is 1. The van der Waals surface area contributed by atoms with Crippen molar-refractivity contribution in [1.82, 2.24) is 4.68 Å². The summed E-state index contributed by atoms with van der Waals surface area (Å²) in [6, 6.07) is 17.8. The normalized spacial score (nSPS) is 14.8. The van der Waals surface area contributed by atoms with Gasteiger partial charge in [0.1, 0.15) is 5.75 Å². The number of amides is 2. The molecule has 8 nitrogen and oxygen atoms in total. The molecule has 0 spiro atoms. The standard InChI is InChI=1S/C23H20ClN3O5/c24-15-6-10-19-17(12-15)25-23(31)20(32-19)13-21(28)26-27-16(8-11-22(29)30)7-9-18(27)14-4-2-1-3-5-14/h1-7,9-10,12,20H,8,11,13H2,(H,25,31)(H,26,28)(H,29,30)/t20-/m1/s1. The molecule has 164 valence electrons. The fourth-order valence-corrected chi connectivity index (χ4v) is 3.64. The topological polar surface area (TPSA) is 110 Å². The molecule has 0 fully saturated rings. The van der Waals surface area contributed by atoms with Crippen LogP contribution < -0.4 is 15.5 Å². The zero-order valence-electron chi connectivity index (χ0n) is 16.9. The number of carbonyl (C=O) groups excluding carboxylic acids is 2. The average molecular weight is 454 g/mol. The number of anilines is 1. The second kappa shape index (κ2) is 9.15. The number of carbonyl (C=O) groups is 3. The third-order valence-corrected chi connectivity index (χ3v) is 5.23. The maximum absolute atomic E-state index is 12.8. The Balaban J connectivity index is 1.53. The number of aliphatic carboxylic acids is 1. The molecule has 9 heteroatoms. The molecule has 0 unspecified atom stereocenters. The maximum Gasteiger partial charge on any atom is 0.303 e. The number of nitrogens with zero attached hydrogens (tertiary/aromatic N) is 1. The number of nitrogens with one attached hydrogen (secondary N) is 2. The van der Waals surface area contributed by atoms with Gasteiger partial charge in [-0.1, -0.05) is 41.9 Å². The lowest BCUT2D eigenvalue weighted by Crippen LogP contribution is -2.40. The van der Waals surface area contributed by atoms with Gasteiger partial charge < -0.3 is 15.2 Å². The van der Waals surface area contributed by atoms with Crippen LogP contribution in [0.4, 0.5) is 5.69 Å². The van der Waals surface area contributed by atoms with Gasteiger partial charge in [0.05, 0.1) is 24.2 Å². The highest BCUT2D eigenvalue weighted by Gasteiger charge is 2.30. The maximum atomic E-state index is 12.8. The minimum atomic E-state index is -1.01. The van der Waals surface area contributed by atoms with Crippen molar-refractivity contribution in [3.8, 4) is 17.0 Å². The lowest BCUT2D eigenvalue weighted by atomic mass is 10.1. The Morgan fingerprint density at radius 2 is 1.91 bits per heavy atom. The highest BCUT2D eigenvalue weighted by atomic mass is 35.5. The van der Waals surface area contributed by atoms with E-state index >= 15 is 0 Å². The summed E-state index contributed by atoms with van der Waals surface area (Å²) in [5, 5.41) is 12.2. The van der Waals surface area contributed by atoms with E-state index in [1.807, 2.05) is 36.4 Å². The van der Waals surface area contributed by atoms with Gasteiger partial charge in [0, 0.05) is 22.7 Å². The predicted octanol–water partition coefficient (Wildman–Crippen LogP) is 3.69. The molecule has 4 rings (SSSR count). The van der Waals surface area contributed by atoms with Crippen LogP contribution in [0.25, 0.3) is 11.3 Å². The van der Waals surface area contributed by atoms with Gasteiger partial charge in [-0.25, -0.2) is 0 Å². The SMILES string of the molecule is O=C(O)CCc1ccc(-c2ccccc2)n1NC(=O)C[C@H]1Oc2ccc(Cl)cc2NC1=O. The Labute approximate surface area is 188 Å². The first-order valence-corrected chi connectivity index (χ1v) is 10.3. The second-order valence-corrected chi connectivity index (χ2v) is 7.72. The molecule has 32 heavy (non-hydrogen) atoms. The van der Waals surface area contributed by atoms with Crippen LogP contribution in [0.2, 0.25) is 5.02 Å². The lowest BCUT2D eigenvalue weighted by molar-refractivity contribution is -0.137. The first-order valence-electron chi connectivity index (χ1n) is 9.95. The van der Waals surface area contributed by atoms with E-state index in [0.717, 1.165) is 5.56 Å². The molecule has 2 heterocycles. The average Bonchev–Trinajstić information content (AvgIpc) is 3.15. The van der Waals surface area contributed by atoms with Crippen molar-refractivity contribution in [3.63, 3.8) is 0 Å².